The second-order valence-electron chi connectivity index (χ2n) is 17.1. The third-order valence-corrected chi connectivity index (χ3v) is 12.0. The molecule has 0 N–H and O–H groups in total. The highest BCUT2D eigenvalue weighted by molar-refractivity contribution is 6.06. The van der Waals surface area contributed by atoms with Crippen LogP contribution in [0.1, 0.15) is 259 Å². The van der Waals surface area contributed by atoms with Gasteiger partial charge in [-0.05, 0) is 51.4 Å². The Hall–Kier alpha value is -1.90. The summed E-state index contributed by atoms with van der Waals surface area (Å²) in [6.07, 6.45) is 61.6. The van der Waals surface area contributed by atoms with Crippen molar-refractivity contribution in [2.24, 2.45) is 10.8 Å². The van der Waals surface area contributed by atoms with Crippen LogP contribution in [0.2, 0.25) is 0 Å². The molecule has 0 spiro atoms. The third kappa shape index (κ3) is 23.2. The zero-order chi connectivity index (χ0) is 40.0. The number of allylic oxidation sites excluding steroid dienone is 4. The minimum absolute atomic E-state index is 0.412. The molecular weight excluding hydrogens is 673 g/mol. The molecule has 318 valence electrons. The summed E-state index contributed by atoms with van der Waals surface area (Å²) in [5.41, 5.74) is -2.29. The van der Waals surface area contributed by atoms with Gasteiger partial charge in [-0.2, -0.15) is 0 Å². The van der Waals surface area contributed by atoms with Gasteiger partial charge in [-0.25, -0.2) is 0 Å². The van der Waals surface area contributed by atoms with E-state index in [2.05, 4.69) is 76.3 Å². The molecule has 3 nitrogen and oxygen atoms in total. The van der Waals surface area contributed by atoms with Crippen LogP contribution in [0.5, 0.6) is 0 Å². The summed E-state index contributed by atoms with van der Waals surface area (Å²) in [5, 5.41) is 0. The zero-order valence-electron chi connectivity index (χ0n) is 37.3. The van der Waals surface area contributed by atoms with E-state index in [1.807, 2.05) is 0 Å². The molecule has 0 saturated carbocycles. The lowest BCUT2D eigenvalue weighted by Crippen LogP contribution is -2.39. The molecule has 1 rings (SSSR count). The van der Waals surface area contributed by atoms with Crippen molar-refractivity contribution in [2.75, 3.05) is 0 Å². The van der Waals surface area contributed by atoms with Crippen molar-refractivity contribution in [1.82, 2.24) is 0 Å². The van der Waals surface area contributed by atoms with Crippen LogP contribution >= 0.6 is 0 Å². The van der Waals surface area contributed by atoms with E-state index in [4.69, 9.17) is 4.74 Å². The first-order valence-electron chi connectivity index (χ1n) is 24.5. The van der Waals surface area contributed by atoms with Crippen LogP contribution in [0.25, 0.3) is 0 Å². The lowest BCUT2D eigenvalue weighted by atomic mass is 9.63. The van der Waals surface area contributed by atoms with Crippen LogP contribution in [0.3, 0.4) is 0 Å². The molecule has 3 heteroatoms. The van der Waals surface area contributed by atoms with Crippen molar-refractivity contribution in [2.45, 2.75) is 259 Å². The molecule has 0 amide bonds. The number of carbonyl (C=O) groups excluding carboxylic acids is 2. The Morgan fingerprint density at radius 3 is 0.691 bits per heavy atom. The molecule has 0 aromatic heterocycles. The highest BCUT2D eigenvalue weighted by Crippen LogP contribution is 2.52. The number of carbonyl (C=O) groups is 2. The monoisotopic (exact) mass is 765 g/mol. The van der Waals surface area contributed by atoms with Gasteiger partial charge in [-0.1, -0.05) is 256 Å². The second-order valence-corrected chi connectivity index (χ2v) is 17.1. The van der Waals surface area contributed by atoms with E-state index in [-0.39, 0.29) is 0 Å². The van der Waals surface area contributed by atoms with Crippen molar-refractivity contribution >= 4 is 11.9 Å². The number of unbranched alkanes of at least 4 members (excludes halogenated alkanes) is 32. The maximum Gasteiger partial charge on any atom is 0.329 e. The number of hydrogen-bond donors (Lipinski definition) is 0. The number of cyclic esters (lactones) is 2. The van der Waals surface area contributed by atoms with E-state index in [0.29, 0.717) is 0 Å². The lowest BCUT2D eigenvalue weighted by molar-refractivity contribution is -0.154. The van der Waals surface area contributed by atoms with Crippen molar-refractivity contribution in [3.63, 3.8) is 0 Å². The van der Waals surface area contributed by atoms with Crippen LogP contribution in [0.4, 0.5) is 0 Å². The average Bonchev–Trinajstić information content (AvgIpc) is 3.38. The van der Waals surface area contributed by atoms with Crippen LogP contribution in [-0.4, -0.2) is 11.9 Å². The summed E-state index contributed by atoms with van der Waals surface area (Å²) in [6, 6.07) is 0. The van der Waals surface area contributed by atoms with Gasteiger partial charge in [0.25, 0.3) is 0 Å². The van der Waals surface area contributed by atoms with Gasteiger partial charge in [0.1, 0.15) is 10.8 Å². The standard InChI is InChI=1S/C52H92O3/c1-5-9-13-17-21-25-29-33-37-41-45-51(46-42-38-34-30-26-22-18-14-10-6-2)49(53)55-50(54)52(51,47-43-39-35-31-27-23-19-15-11-7-3)48-44-40-36-32-28-24-20-16-12-8-4/h41-48H,5-40H2,1-4H3. The molecule has 0 radical (unpaired) electrons. The minimum Gasteiger partial charge on any atom is -0.391 e. The molecule has 0 bridgehead atoms. The highest BCUT2D eigenvalue weighted by Gasteiger charge is 2.63. The molecule has 0 aromatic carbocycles. The van der Waals surface area contributed by atoms with E-state index >= 15 is 0 Å². The largest absolute Gasteiger partial charge is 0.391 e. The van der Waals surface area contributed by atoms with Gasteiger partial charge >= 0.3 is 11.9 Å². The predicted molar refractivity (Wildman–Crippen MR) is 241 cm³/mol. The predicted octanol–water partition coefficient (Wildman–Crippen LogP) is 17.4. The second kappa shape index (κ2) is 36.4. The summed E-state index contributed by atoms with van der Waals surface area (Å²) >= 11 is 0. The van der Waals surface area contributed by atoms with E-state index in [1.165, 1.54) is 180 Å². The summed E-state index contributed by atoms with van der Waals surface area (Å²) in [5.74, 6) is -0.824. The van der Waals surface area contributed by atoms with Crippen LogP contribution in [-0.2, 0) is 14.3 Å². The molecule has 55 heavy (non-hydrogen) atoms. The van der Waals surface area contributed by atoms with Crippen molar-refractivity contribution in [3.05, 3.63) is 48.6 Å². The Kier molecular flexibility index (Phi) is 33.9. The quantitative estimate of drug-likeness (QED) is 0.0270. The normalized spacial score (nSPS) is 19.1. The molecule has 0 atom stereocenters. The smallest absolute Gasteiger partial charge is 0.329 e. The first kappa shape index (κ1) is 51.1. The third-order valence-electron chi connectivity index (χ3n) is 12.0. The molecule has 1 fully saturated rings. The molecule has 0 aliphatic carbocycles. The number of ether oxygens (including phenoxy) is 1. The maximum atomic E-state index is 14.1. The van der Waals surface area contributed by atoms with Gasteiger partial charge in [0, 0.05) is 0 Å². The summed E-state index contributed by atoms with van der Waals surface area (Å²) in [4.78, 5) is 28.1. The Labute approximate surface area is 343 Å². The van der Waals surface area contributed by atoms with Gasteiger partial charge in [-0.3, -0.25) is 9.59 Å². The Morgan fingerprint density at radius 2 is 0.491 bits per heavy atom. The van der Waals surface area contributed by atoms with Crippen LogP contribution < -0.4 is 0 Å². The van der Waals surface area contributed by atoms with Crippen molar-refractivity contribution in [3.8, 4) is 0 Å². The summed E-state index contributed by atoms with van der Waals surface area (Å²) < 4.78 is 5.68. The number of rotatable bonds is 40. The van der Waals surface area contributed by atoms with Crippen LogP contribution in [0.15, 0.2) is 48.6 Å². The molecule has 0 aromatic rings. The lowest BCUT2D eigenvalue weighted by Gasteiger charge is -2.32. The van der Waals surface area contributed by atoms with Crippen molar-refractivity contribution in [1.29, 1.82) is 0 Å². The molecule has 1 heterocycles. The van der Waals surface area contributed by atoms with Gasteiger partial charge in [0.05, 0.1) is 0 Å². The molecule has 1 aliphatic heterocycles. The van der Waals surface area contributed by atoms with E-state index in [0.717, 1.165) is 51.4 Å². The molecule has 0 unspecified atom stereocenters. The molecule has 1 aliphatic rings. The van der Waals surface area contributed by atoms with Gasteiger partial charge in [-0.15, -0.1) is 0 Å². The van der Waals surface area contributed by atoms with Gasteiger partial charge < -0.3 is 4.74 Å². The Balaban J connectivity index is 3.17. The van der Waals surface area contributed by atoms with Gasteiger partial charge in [0.2, 0.25) is 0 Å². The van der Waals surface area contributed by atoms with E-state index in [9.17, 15) is 9.59 Å². The number of hydrogen-bond acceptors (Lipinski definition) is 3. The van der Waals surface area contributed by atoms with Crippen LogP contribution in [0, 0.1) is 10.8 Å². The molecule has 1 saturated heterocycles. The maximum absolute atomic E-state index is 14.1. The summed E-state index contributed by atoms with van der Waals surface area (Å²) in [6.45, 7) is 9.08. The number of esters is 2. The average molecular weight is 765 g/mol. The SMILES string of the molecule is CCCCCCCCCCC=CC1(C=CCCCCCCCCCC)C(=O)OC(=O)C1(C=CCCCCCCCCCC)C=CCCCCCCCCCC. The van der Waals surface area contributed by atoms with Crippen molar-refractivity contribution < 1.29 is 14.3 Å². The Bertz CT molecular complexity index is 876. The zero-order valence-corrected chi connectivity index (χ0v) is 37.3. The summed E-state index contributed by atoms with van der Waals surface area (Å²) in [7, 11) is 0. The fourth-order valence-electron chi connectivity index (χ4n) is 8.19. The van der Waals surface area contributed by atoms with Gasteiger partial charge in [0.15, 0.2) is 0 Å². The topological polar surface area (TPSA) is 43.4 Å². The van der Waals surface area contributed by atoms with E-state index in [1.54, 1.807) is 0 Å². The first-order chi connectivity index (χ1) is 27.0. The Morgan fingerprint density at radius 1 is 0.309 bits per heavy atom. The highest BCUT2D eigenvalue weighted by atomic mass is 16.6. The van der Waals surface area contributed by atoms with E-state index < -0.39 is 22.8 Å². The molecular formula is C52H92O3. The fourth-order valence-corrected chi connectivity index (χ4v) is 8.19. The fraction of sp³-hybridized carbons (Fsp3) is 0.808. The first-order valence-corrected chi connectivity index (χ1v) is 24.5. The minimum atomic E-state index is -1.14.